The molecular weight excluding hydrogens is 228 g/mol. The van der Waals surface area contributed by atoms with E-state index in [0.29, 0.717) is 12.5 Å². The molecule has 1 aromatic heterocycles. The molecule has 2 rings (SSSR count). The van der Waals surface area contributed by atoms with Crippen molar-refractivity contribution in [2.45, 2.75) is 32.6 Å². The number of carbonyl (C=O) groups excluding carboxylic acids is 1. The first-order valence-electron chi connectivity index (χ1n) is 6.56. The Morgan fingerprint density at radius 1 is 1.61 bits per heavy atom. The van der Waals surface area contributed by atoms with Crippen LogP contribution in [-0.4, -0.2) is 22.2 Å². The van der Waals surface area contributed by atoms with Crippen molar-refractivity contribution in [1.29, 1.82) is 0 Å². The van der Waals surface area contributed by atoms with Gasteiger partial charge in [0.05, 0.1) is 17.3 Å². The molecule has 0 spiro atoms. The van der Waals surface area contributed by atoms with E-state index >= 15 is 0 Å². The van der Waals surface area contributed by atoms with Crippen molar-refractivity contribution in [3.63, 3.8) is 0 Å². The van der Waals surface area contributed by atoms with Gasteiger partial charge in [0.15, 0.2) is 0 Å². The number of anilines is 1. The third-order valence-corrected chi connectivity index (χ3v) is 4.07. The Balaban J connectivity index is 2.06. The van der Waals surface area contributed by atoms with E-state index in [1.54, 1.807) is 17.1 Å². The molecular formula is C13H22N4O. The molecule has 1 aliphatic carbocycles. The zero-order valence-corrected chi connectivity index (χ0v) is 11.1. The van der Waals surface area contributed by atoms with Crippen LogP contribution >= 0.6 is 0 Å². The van der Waals surface area contributed by atoms with Gasteiger partial charge in [-0.15, -0.1) is 0 Å². The summed E-state index contributed by atoms with van der Waals surface area (Å²) in [6.45, 7) is 2.66. The van der Waals surface area contributed by atoms with Crippen LogP contribution in [0.1, 0.15) is 32.6 Å². The van der Waals surface area contributed by atoms with Gasteiger partial charge in [0, 0.05) is 19.8 Å². The number of aryl methyl sites for hydroxylation is 1. The number of nitrogens with zero attached hydrogens (tertiary/aromatic N) is 2. The lowest BCUT2D eigenvalue weighted by molar-refractivity contribution is -0.127. The Hall–Kier alpha value is -1.36. The van der Waals surface area contributed by atoms with Gasteiger partial charge in [0.2, 0.25) is 5.91 Å². The highest BCUT2D eigenvalue weighted by Crippen LogP contribution is 2.38. The summed E-state index contributed by atoms with van der Waals surface area (Å²) >= 11 is 0. The van der Waals surface area contributed by atoms with Gasteiger partial charge in [-0.25, -0.2) is 0 Å². The summed E-state index contributed by atoms with van der Waals surface area (Å²) < 4.78 is 1.67. The van der Waals surface area contributed by atoms with E-state index in [2.05, 4.69) is 17.3 Å². The average Bonchev–Trinajstić information content (AvgIpc) is 2.76. The largest absolute Gasteiger partial charge is 0.329 e. The third-order valence-electron chi connectivity index (χ3n) is 4.07. The number of hydrogen-bond donors (Lipinski definition) is 2. The van der Waals surface area contributed by atoms with E-state index in [1.807, 2.05) is 7.05 Å². The van der Waals surface area contributed by atoms with Crippen LogP contribution in [0.4, 0.5) is 5.69 Å². The Morgan fingerprint density at radius 3 is 2.78 bits per heavy atom. The molecule has 0 unspecified atom stereocenters. The second kappa shape index (κ2) is 5.10. The molecule has 1 aromatic rings. The number of aromatic nitrogens is 2. The van der Waals surface area contributed by atoms with Crippen molar-refractivity contribution in [1.82, 2.24) is 9.78 Å². The molecule has 0 aliphatic heterocycles. The third kappa shape index (κ3) is 2.56. The van der Waals surface area contributed by atoms with Gasteiger partial charge in [0.25, 0.3) is 0 Å². The molecule has 1 fully saturated rings. The second-order valence-corrected chi connectivity index (χ2v) is 5.52. The summed E-state index contributed by atoms with van der Waals surface area (Å²) in [5.41, 5.74) is 6.22. The van der Waals surface area contributed by atoms with Crippen LogP contribution in [0, 0.1) is 11.3 Å². The number of rotatable bonds is 3. The fourth-order valence-electron chi connectivity index (χ4n) is 2.59. The normalized spacial score (nSPS) is 28.1. The predicted molar refractivity (Wildman–Crippen MR) is 71.0 cm³/mol. The average molecular weight is 250 g/mol. The summed E-state index contributed by atoms with van der Waals surface area (Å²) in [6.07, 6.45) is 7.39. The van der Waals surface area contributed by atoms with E-state index < -0.39 is 0 Å². The van der Waals surface area contributed by atoms with E-state index in [1.165, 1.54) is 0 Å². The van der Waals surface area contributed by atoms with Gasteiger partial charge in [0.1, 0.15) is 0 Å². The molecule has 0 atom stereocenters. The lowest BCUT2D eigenvalue weighted by Crippen LogP contribution is -2.44. The molecule has 0 saturated heterocycles. The molecule has 5 heteroatoms. The molecule has 1 saturated carbocycles. The quantitative estimate of drug-likeness (QED) is 0.854. The fourth-order valence-corrected chi connectivity index (χ4v) is 2.59. The lowest BCUT2D eigenvalue weighted by atomic mass is 9.70. The van der Waals surface area contributed by atoms with E-state index in [4.69, 9.17) is 5.73 Å². The highest BCUT2D eigenvalue weighted by Gasteiger charge is 2.39. The first-order valence-corrected chi connectivity index (χ1v) is 6.56. The van der Waals surface area contributed by atoms with Crippen molar-refractivity contribution >= 4 is 11.6 Å². The molecule has 18 heavy (non-hydrogen) atoms. The van der Waals surface area contributed by atoms with E-state index in [-0.39, 0.29) is 11.3 Å². The zero-order valence-electron chi connectivity index (χ0n) is 11.1. The summed E-state index contributed by atoms with van der Waals surface area (Å²) in [5, 5.41) is 6.98. The van der Waals surface area contributed by atoms with Crippen LogP contribution in [0.15, 0.2) is 12.4 Å². The molecule has 1 aliphatic rings. The maximum Gasteiger partial charge on any atom is 0.231 e. The maximum atomic E-state index is 12.4. The Morgan fingerprint density at radius 2 is 2.28 bits per heavy atom. The summed E-state index contributed by atoms with van der Waals surface area (Å²) in [6, 6.07) is 0. The number of amides is 1. The SMILES string of the molecule is CC1CCC(CN)(C(=O)Nc2cnn(C)c2)CC1. The van der Waals surface area contributed by atoms with Crippen LogP contribution in [-0.2, 0) is 11.8 Å². The van der Waals surface area contributed by atoms with E-state index in [9.17, 15) is 4.79 Å². The molecule has 0 aromatic carbocycles. The molecule has 1 heterocycles. The summed E-state index contributed by atoms with van der Waals surface area (Å²) in [4.78, 5) is 12.4. The Kier molecular flexibility index (Phi) is 3.71. The maximum absolute atomic E-state index is 12.4. The minimum absolute atomic E-state index is 0.0462. The fraction of sp³-hybridized carbons (Fsp3) is 0.692. The molecule has 5 nitrogen and oxygen atoms in total. The van der Waals surface area contributed by atoms with Crippen molar-refractivity contribution in [2.24, 2.45) is 24.1 Å². The van der Waals surface area contributed by atoms with Crippen molar-refractivity contribution in [3.8, 4) is 0 Å². The van der Waals surface area contributed by atoms with Gasteiger partial charge in [-0.05, 0) is 31.6 Å². The Labute approximate surface area is 108 Å². The zero-order chi connectivity index (χ0) is 13.2. The van der Waals surface area contributed by atoms with Gasteiger partial charge in [-0.3, -0.25) is 9.48 Å². The van der Waals surface area contributed by atoms with Gasteiger partial charge >= 0.3 is 0 Å². The highest BCUT2D eigenvalue weighted by molar-refractivity contribution is 5.95. The molecule has 0 bridgehead atoms. The lowest BCUT2D eigenvalue weighted by Gasteiger charge is -2.36. The molecule has 3 N–H and O–H groups in total. The number of carbonyl (C=O) groups is 1. The first kappa shape index (κ1) is 13.1. The smallest absolute Gasteiger partial charge is 0.231 e. The minimum atomic E-state index is -0.387. The number of hydrogen-bond acceptors (Lipinski definition) is 3. The standard InChI is InChI=1S/C13H22N4O/c1-10-3-5-13(9-14,6-4-10)12(18)16-11-7-15-17(2)8-11/h7-8,10H,3-6,9,14H2,1-2H3,(H,16,18). The van der Waals surface area contributed by atoms with Crippen molar-refractivity contribution in [2.75, 3.05) is 11.9 Å². The molecule has 1 amide bonds. The molecule has 100 valence electrons. The first-order chi connectivity index (χ1) is 8.55. The van der Waals surface area contributed by atoms with Crippen LogP contribution < -0.4 is 11.1 Å². The Bertz CT molecular complexity index is 418. The number of nitrogens with one attached hydrogen (secondary N) is 1. The van der Waals surface area contributed by atoms with Crippen molar-refractivity contribution in [3.05, 3.63) is 12.4 Å². The van der Waals surface area contributed by atoms with Crippen LogP contribution in [0.2, 0.25) is 0 Å². The number of nitrogens with two attached hydrogens (primary N) is 1. The van der Waals surface area contributed by atoms with Gasteiger partial charge in [-0.2, -0.15) is 5.10 Å². The molecule has 0 radical (unpaired) electrons. The summed E-state index contributed by atoms with van der Waals surface area (Å²) in [7, 11) is 1.83. The monoisotopic (exact) mass is 250 g/mol. The minimum Gasteiger partial charge on any atom is -0.329 e. The predicted octanol–water partition coefficient (Wildman–Crippen LogP) is 1.51. The van der Waals surface area contributed by atoms with Crippen molar-refractivity contribution < 1.29 is 4.79 Å². The van der Waals surface area contributed by atoms with Gasteiger partial charge < -0.3 is 11.1 Å². The van der Waals surface area contributed by atoms with Crippen LogP contribution in [0.5, 0.6) is 0 Å². The highest BCUT2D eigenvalue weighted by atomic mass is 16.2. The van der Waals surface area contributed by atoms with E-state index in [0.717, 1.165) is 31.4 Å². The second-order valence-electron chi connectivity index (χ2n) is 5.52. The van der Waals surface area contributed by atoms with Crippen LogP contribution in [0.3, 0.4) is 0 Å². The van der Waals surface area contributed by atoms with Gasteiger partial charge in [-0.1, -0.05) is 6.92 Å². The van der Waals surface area contributed by atoms with Crippen LogP contribution in [0.25, 0.3) is 0 Å². The topological polar surface area (TPSA) is 72.9 Å². The summed E-state index contributed by atoms with van der Waals surface area (Å²) in [5.74, 6) is 0.751.